The standard InChI is InChI=1S/C22H22N2O3S2/c1-29(26,27)24-20-15-9-8-12-18(20)16-23-22(25)21(17-10-4-2-5-11-17)28-19-13-6-3-7-14-19/h2-15,21,24H,16H2,1H3,(H,23,25). The Morgan fingerprint density at radius 3 is 2.14 bits per heavy atom. The van der Waals surface area contributed by atoms with Crippen LogP contribution < -0.4 is 10.0 Å². The first-order chi connectivity index (χ1) is 13.9. The van der Waals surface area contributed by atoms with Gasteiger partial charge < -0.3 is 5.32 Å². The van der Waals surface area contributed by atoms with Gasteiger partial charge in [0.15, 0.2) is 0 Å². The van der Waals surface area contributed by atoms with Crippen LogP contribution in [0.5, 0.6) is 0 Å². The number of nitrogens with one attached hydrogen (secondary N) is 2. The molecule has 3 aromatic carbocycles. The minimum Gasteiger partial charge on any atom is -0.351 e. The maximum atomic E-state index is 13.0. The smallest absolute Gasteiger partial charge is 0.238 e. The highest BCUT2D eigenvalue weighted by molar-refractivity contribution is 8.00. The lowest BCUT2D eigenvalue weighted by Gasteiger charge is -2.18. The highest BCUT2D eigenvalue weighted by Gasteiger charge is 2.22. The molecule has 0 bridgehead atoms. The molecule has 7 heteroatoms. The molecule has 0 aliphatic rings. The van der Waals surface area contributed by atoms with Gasteiger partial charge in [-0.05, 0) is 29.3 Å². The van der Waals surface area contributed by atoms with E-state index in [9.17, 15) is 13.2 Å². The maximum Gasteiger partial charge on any atom is 0.238 e. The summed E-state index contributed by atoms with van der Waals surface area (Å²) >= 11 is 1.48. The van der Waals surface area contributed by atoms with Gasteiger partial charge in [-0.1, -0.05) is 66.7 Å². The predicted octanol–water partition coefficient (Wildman–Crippen LogP) is 4.21. The van der Waals surface area contributed by atoms with Crippen LogP contribution in [0.15, 0.2) is 89.8 Å². The fraction of sp³-hybridized carbons (Fsp3) is 0.136. The van der Waals surface area contributed by atoms with Gasteiger partial charge >= 0.3 is 0 Å². The number of para-hydroxylation sites is 1. The Labute approximate surface area is 175 Å². The van der Waals surface area contributed by atoms with Crippen LogP contribution in [0.1, 0.15) is 16.4 Å². The lowest BCUT2D eigenvalue weighted by atomic mass is 10.1. The van der Waals surface area contributed by atoms with E-state index in [1.165, 1.54) is 11.8 Å². The number of hydrogen-bond acceptors (Lipinski definition) is 4. The Bertz CT molecular complexity index is 1060. The quantitative estimate of drug-likeness (QED) is 0.529. The molecule has 0 saturated carbocycles. The van der Waals surface area contributed by atoms with E-state index in [1.807, 2.05) is 66.7 Å². The molecule has 0 aromatic heterocycles. The number of hydrogen-bond donors (Lipinski definition) is 2. The molecule has 150 valence electrons. The first-order valence-corrected chi connectivity index (χ1v) is 11.8. The molecule has 5 nitrogen and oxygen atoms in total. The molecule has 1 unspecified atom stereocenters. The molecule has 1 amide bonds. The molecular formula is C22H22N2O3S2. The highest BCUT2D eigenvalue weighted by Crippen LogP contribution is 2.35. The van der Waals surface area contributed by atoms with Gasteiger partial charge in [0.2, 0.25) is 15.9 Å². The van der Waals surface area contributed by atoms with E-state index >= 15 is 0 Å². The van der Waals surface area contributed by atoms with Crippen molar-refractivity contribution in [1.82, 2.24) is 5.32 Å². The molecular weight excluding hydrogens is 404 g/mol. The molecule has 3 rings (SSSR count). The van der Waals surface area contributed by atoms with Crippen molar-refractivity contribution in [2.45, 2.75) is 16.7 Å². The second kappa shape index (κ2) is 9.62. The SMILES string of the molecule is CS(=O)(=O)Nc1ccccc1CNC(=O)C(Sc1ccccc1)c1ccccc1. The van der Waals surface area contributed by atoms with Gasteiger partial charge in [-0.2, -0.15) is 0 Å². The van der Waals surface area contributed by atoms with Crippen LogP contribution in [0.4, 0.5) is 5.69 Å². The van der Waals surface area contributed by atoms with Gasteiger partial charge in [0.25, 0.3) is 0 Å². The van der Waals surface area contributed by atoms with Gasteiger partial charge in [0, 0.05) is 11.4 Å². The zero-order valence-corrected chi connectivity index (χ0v) is 17.5. The van der Waals surface area contributed by atoms with Gasteiger partial charge in [-0.3, -0.25) is 9.52 Å². The molecule has 29 heavy (non-hydrogen) atoms. The van der Waals surface area contributed by atoms with Crippen LogP contribution >= 0.6 is 11.8 Å². The Balaban J connectivity index is 1.77. The Hall–Kier alpha value is -2.77. The first-order valence-electron chi connectivity index (χ1n) is 9.02. The van der Waals surface area contributed by atoms with E-state index in [-0.39, 0.29) is 12.5 Å². The van der Waals surface area contributed by atoms with Gasteiger partial charge in [0.1, 0.15) is 5.25 Å². The third-order valence-electron chi connectivity index (χ3n) is 4.10. The van der Waals surface area contributed by atoms with Crippen molar-refractivity contribution in [3.05, 3.63) is 96.1 Å². The minimum atomic E-state index is -3.41. The average molecular weight is 427 g/mol. The van der Waals surface area contributed by atoms with E-state index in [0.29, 0.717) is 11.3 Å². The summed E-state index contributed by atoms with van der Waals surface area (Å²) in [7, 11) is -3.41. The minimum absolute atomic E-state index is 0.140. The summed E-state index contributed by atoms with van der Waals surface area (Å²) in [4.78, 5) is 14.0. The second-order valence-electron chi connectivity index (χ2n) is 6.47. The van der Waals surface area contributed by atoms with Crippen LogP contribution in [0, 0.1) is 0 Å². The van der Waals surface area contributed by atoms with Crippen LogP contribution in [0.2, 0.25) is 0 Å². The number of carbonyl (C=O) groups excluding carboxylic acids is 1. The predicted molar refractivity (Wildman–Crippen MR) is 118 cm³/mol. The van der Waals surface area contributed by atoms with Crippen molar-refractivity contribution < 1.29 is 13.2 Å². The number of sulfonamides is 1. The summed E-state index contributed by atoms with van der Waals surface area (Å²) in [5.74, 6) is -0.140. The molecule has 0 fully saturated rings. The fourth-order valence-electron chi connectivity index (χ4n) is 2.78. The molecule has 0 aliphatic carbocycles. The van der Waals surface area contributed by atoms with Gasteiger partial charge in [-0.15, -0.1) is 11.8 Å². The highest BCUT2D eigenvalue weighted by atomic mass is 32.2. The number of carbonyl (C=O) groups is 1. The van der Waals surface area contributed by atoms with Crippen molar-refractivity contribution in [2.75, 3.05) is 11.0 Å². The molecule has 2 N–H and O–H groups in total. The maximum absolute atomic E-state index is 13.0. The van der Waals surface area contributed by atoms with E-state index < -0.39 is 15.3 Å². The third kappa shape index (κ3) is 6.37. The lowest BCUT2D eigenvalue weighted by Crippen LogP contribution is -2.28. The number of rotatable bonds is 8. The average Bonchev–Trinajstić information content (AvgIpc) is 2.71. The van der Waals surface area contributed by atoms with Gasteiger partial charge in [-0.25, -0.2) is 8.42 Å². The number of thioether (sulfide) groups is 1. The number of benzene rings is 3. The van der Waals surface area contributed by atoms with Crippen molar-refractivity contribution in [3.8, 4) is 0 Å². The summed E-state index contributed by atoms with van der Waals surface area (Å²) in [5.41, 5.74) is 2.06. The summed E-state index contributed by atoms with van der Waals surface area (Å²) in [6.07, 6.45) is 1.10. The number of amides is 1. The van der Waals surface area contributed by atoms with E-state index in [0.717, 1.165) is 16.7 Å². The third-order valence-corrected chi connectivity index (χ3v) is 5.96. The van der Waals surface area contributed by atoms with Crippen LogP contribution in [-0.4, -0.2) is 20.6 Å². The first kappa shape index (κ1) is 21.0. The monoisotopic (exact) mass is 426 g/mol. The summed E-state index contributed by atoms with van der Waals surface area (Å²) in [6, 6.07) is 26.4. The molecule has 0 radical (unpaired) electrons. The summed E-state index contributed by atoms with van der Waals surface area (Å²) in [6.45, 7) is 0.218. The van der Waals surface area contributed by atoms with Crippen molar-refractivity contribution in [1.29, 1.82) is 0 Å². The Morgan fingerprint density at radius 2 is 1.48 bits per heavy atom. The molecule has 0 aliphatic heterocycles. The molecule has 0 saturated heterocycles. The zero-order valence-electron chi connectivity index (χ0n) is 15.9. The fourth-order valence-corrected chi connectivity index (χ4v) is 4.45. The zero-order chi connectivity index (χ0) is 20.7. The molecule has 1 atom stereocenters. The topological polar surface area (TPSA) is 75.3 Å². The Morgan fingerprint density at radius 1 is 0.897 bits per heavy atom. The second-order valence-corrected chi connectivity index (χ2v) is 9.40. The van der Waals surface area contributed by atoms with Crippen LogP contribution in [0.25, 0.3) is 0 Å². The van der Waals surface area contributed by atoms with E-state index in [4.69, 9.17) is 0 Å². The molecule has 0 spiro atoms. The van der Waals surface area contributed by atoms with Crippen molar-refractivity contribution in [2.24, 2.45) is 0 Å². The summed E-state index contributed by atoms with van der Waals surface area (Å²) < 4.78 is 25.7. The van der Waals surface area contributed by atoms with E-state index in [2.05, 4.69) is 10.0 Å². The normalized spacial score (nSPS) is 12.2. The Kier molecular flexibility index (Phi) is 6.95. The van der Waals surface area contributed by atoms with Crippen LogP contribution in [-0.2, 0) is 21.4 Å². The largest absolute Gasteiger partial charge is 0.351 e. The van der Waals surface area contributed by atoms with E-state index in [1.54, 1.807) is 18.2 Å². The molecule has 3 aromatic rings. The van der Waals surface area contributed by atoms with Crippen LogP contribution in [0.3, 0.4) is 0 Å². The summed E-state index contributed by atoms with van der Waals surface area (Å²) in [5, 5.41) is 2.53. The number of anilines is 1. The molecule has 0 heterocycles. The lowest BCUT2D eigenvalue weighted by molar-refractivity contribution is -0.120. The van der Waals surface area contributed by atoms with Gasteiger partial charge in [0.05, 0.1) is 11.9 Å². The van der Waals surface area contributed by atoms with Crippen molar-refractivity contribution in [3.63, 3.8) is 0 Å². The van der Waals surface area contributed by atoms with Crippen molar-refractivity contribution >= 4 is 33.4 Å².